The fourth-order valence-corrected chi connectivity index (χ4v) is 4.52. The summed E-state index contributed by atoms with van der Waals surface area (Å²) in [5, 5.41) is 0.816. The van der Waals surface area contributed by atoms with Crippen molar-refractivity contribution in [1.82, 2.24) is 4.90 Å². The summed E-state index contributed by atoms with van der Waals surface area (Å²) in [6, 6.07) is 2.32. The molecule has 1 unspecified atom stereocenters. The highest BCUT2D eigenvalue weighted by Gasteiger charge is 2.21. The zero-order valence-corrected chi connectivity index (χ0v) is 13.3. The van der Waals surface area contributed by atoms with Crippen molar-refractivity contribution in [3.05, 3.63) is 21.4 Å². The van der Waals surface area contributed by atoms with Gasteiger partial charge in [-0.3, -0.25) is 4.79 Å². The molecule has 2 nitrogen and oxygen atoms in total. The van der Waals surface area contributed by atoms with Gasteiger partial charge in [0.25, 0.3) is 5.91 Å². The Labute approximate surface area is 119 Å². The van der Waals surface area contributed by atoms with Crippen LogP contribution in [0.4, 0.5) is 0 Å². The van der Waals surface area contributed by atoms with E-state index < -0.39 is 0 Å². The van der Waals surface area contributed by atoms with Gasteiger partial charge >= 0.3 is 0 Å². The van der Waals surface area contributed by atoms with E-state index in [9.17, 15) is 4.79 Å². The Balaban J connectivity index is 2.17. The second kappa shape index (κ2) is 5.76. The van der Waals surface area contributed by atoms with Crippen molar-refractivity contribution in [3.63, 3.8) is 0 Å². The number of thiophene rings is 1. The van der Waals surface area contributed by atoms with E-state index in [0.29, 0.717) is 0 Å². The second-order valence-corrected chi connectivity index (χ2v) is 7.17. The average molecular weight is 334 g/mol. The van der Waals surface area contributed by atoms with E-state index in [2.05, 4.69) is 28.9 Å². The highest BCUT2D eigenvalue weighted by Crippen LogP contribution is 2.32. The Morgan fingerprint density at radius 3 is 3.06 bits per heavy atom. The number of carbonyl (C=O) groups excluding carboxylic acids is 1. The summed E-state index contributed by atoms with van der Waals surface area (Å²) in [4.78, 5) is 16.4. The molecule has 0 fully saturated rings. The number of alkyl halides is 1. The Kier molecular flexibility index (Phi) is 4.55. The van der Waals surface area contributed by atoms with Crippen LogP contribution >= 0.6 is 39.0 Å². The van der Waals surface area contributed by atoms with E-state index >= 15 is 0 Å². The molecule has 0 radical (unpaired) electrons. The van der Waals surface area contributed by atoms with Crippen LogP contribution in [-0.2, 0) is 12.2 Å². The van der Waals surface area contributed by atoms with Crippen LogP contribution in [-0.4, -0.2) is 35.0 Å². The van der Waals surface area contributed by atoms with Crippen LogP contribution in [0.5, 0.6) is 0 Å². The fraction of sp³-hybridized carbons (Fsp3) is 0.583. The smallest absolute Gasteiger partial charge is 0.263 e. The van der Waals surface area contributed by atoms with Gasteiger partial charge in [0.1, 0.15) is 0 Å². The van der Waals surface area contributed by atoms with Crippen molar-refractivity contribution in [2.45, 2.75) is 25.1 Å². The van der Waals surface area contributed by atoms with Gasteiger partial charge < -0.3 is 4.90 Å². The molecular weight excluding hydrogens is 318 g/mol. The van der Waals surface area contributed by atoms with Crippen LogP contribution in [0.1, 0.15) is 27.0 Å². The first-order valence-electron chi connectivity index (χ1n) is 5.66. The first kappa shape index (κ1) is 13.4. The molecule has 2 rings (SSSR count). The molecule has 1 aromatic heterocycles. The van der Waals surface area contributed by atoms with Crippen LogP contribution in [0.3, 0.4) is 0 Å². The molecule has 0 bridgehead atoms. The molecule has 0 N–H and O–H groups in total. The van der Waals surface area contributed by atoms with Crippen LogP contribution in [0.2, 0.25) is 0 Å². The van der Waals surface area contributed by atoms with Gasteiger partial charge in [0, 0.05) is 29.0 Å². The number of hydrogen-bond acceptors (Lipinski definition) is 3. The maximum atomic E-state index is 12.3. The van der Waals surface area contributed by atoms with Crippen molar-refractivity contribution in [3.8, 4) is 0 Å². The van der Waals surface area contributed by atoms with Gasteiger partial charge in [-0.1, -0.05) is 15.9 Å². The monoisotopic (exact) mass is 333 g/mol. The molecule has 1 aromatic rings. The molecule has 94 valence electrons. The van der Waals surface area contributed by atoms with Crippen molar-refractivity contribution >= 4 is 44.9 Å². The van der Waals surface area contributed by atoms with Crippen molar-refractivity contribution in [2.24, 2.45) is 0 Å². The normalized spacial score (nSPS) is 16.4. The third-order valence-electron chi connectivity index (χ3n) is 3.04. The summed E-state index contributed by atoms with van der Waals surface area (Å²) < 4.78 is 0. The van der Waals surface area contributed by atoms with Crippen LogP contribution < -0.4 is 0 Å². The van der Waals surface area contributed by atoms with Crippen LogP contribution in [0.15, 0.2) is 6.07 Å². The fourth-order valence-electron chi connectivity index (χ4n) is 1.73. The van der Waals surface area contributed by atoms with Crippen molar-refractivity contribution in [1.29, 1.82) is 0 Å². The molecule has 0 saturated carbocycles. The quantitative estimate of drug-likeness (QED) is 0.790. The Morgan fingerprint density at radius 2 is 2.41 bits per heavy atom. The zero-order valence-electron chi connectivity index (χ0n) is 10.0. The van der Waals surface area contributed by atoms with Gasteiger partial charge in [-0.05, 0) is 30.7 Å². The highest BCUT2D eigenvalue weighted by molar-refractivity contribution is 9.09. The predicted molar refractivity (Wildman–Crippen MR) is 79.5 cm³/mol. The summed E-state index contributed by atoms with van der Waals surface area (Å²) in [5.74, 6) is 2.41. The number of thioether (sulfide) groups is 1. The number of halogens is 1. The molecule has 0 spiro atoms. The second-order valence-electron chi connectivity index (χ2n) is 4.28. The molecule has 2 heterocycles. The molecule has 5 heteroatoms. The molecule has 0 saturated heterocycles. The molecule has 17 heavy (non-hydrogen) atoms. The number of rotatable bonds is 3. The van der Waals surface area contributed by atoms with Gasteiger partial charge in [-0.2, -0.15) is 11.8 Å². The summed E-state index contributed by atoms with van der Waals surface area (Å²) >= 11 is 7.06. The molecule has 1 atom stereocenters. The van der Waals surface area contributed by atoms with E-state index in [4.69, 9.17) is 0 Å². The van der Waals surface area contributed by atoms with Gasteiger partial charge in [0.15, 0.2) is 0 Å². The summed E-state index contributed by atoms with van der Waals surface area (Å²) in [7, 11) is 1.88. The van der Waals surface area contributed by atoms with Gasteiger partial charge in [-0.15, -0.1) is 11.3 Å². The first-order valence-corrected chi connectivity index (χ1v) is 8.75. The van der Waals surface area contributed by atoms with Crippen LogP contribution in [0.25, 0.3) is 0 Å². The molecule has 1 aliphatic heterocycles. The largest absolute Gasteiger partial charge is 0.337 e. The summed E-state index contributed by atoms with van der Waals surface area (Å²) in [5.41, 5.74) is 1.37. The van der Waals surface area contributed by atoms with E-state index in [-0.39, 0.29) is 11.9 Å². The lowest BCUT2D eigenvalue weighted by Crippen LogP contribution is -2.35. The van der Waals surface area contributed by atoms with E-state index in [1.54, 1.807) is 11.3 Å². The van der Waals surface area contributed by atoms with E-state index in [1.165, 1.54) is 16.2 Å². The summed E-state index contributed by atoms with van der Waals surface area (Å²) in [6.07, 6.45) is 1.12. The number of aryl methyl sites for hydroxylation is 1. The maximum absolute atomic E-state index is 12.3. The first-order chi connectivity index (χ1) is 8.13. The minimum atomic E-state index is 0.154. The number of amides is 1. The lowest BCUT2D eigenvalue weighted by molar-refractivity contribution is 0.0763. The molecule has 0 aromatic carbocycles. The maximum Gasteiger partial charge on any atom is 0.263 e. The zero-order chi connectivity index (χ0) is 12.4. The Morgan fingerprint density at radius 1 is 1.65 bits per heavy atom. The third kappa shape index (κ3) is 2.88. The number of fused-ring (bicyclic) bond motifs is 1. The molecule has 1 amide bonds. The predicted octanol–water partition coefficient (Wildman–Crippen LogP) is 3.39. The summed E-state index contributed by atoms with van der Waals surface area (Å²) in [6.45, 7) is 2.05. The van der Waals surface area contributed by atoms with E-state index in [1.807, 2.05) is 23.7 Å². The lowest BCUT2D eigenvalue weighted by Gasteiger charge is -2.22. The Hall–Kier alpha value is -0.000000000000000111. The van der Waals surface area contributed by atoms with Crippen LogP contribution in [0, 0.1) is 0 Å². The lowest BCUT2D eigenvalue weighted by atomic mass is 10.2. The minimum Gasteiger partial charge on any atom is -0.337 e. The number of carbonyl (C=O) groups is 1. The number of hydrogen-bond donors (Lipinski definition) is 0. The molecule has 0 aliphatic carbocycles. The van der Waals surface area contributed by atoms with Gasteiger partial charge in [-0.25, -0.2) is 0 Å². The Bertz CT molecular complexity index is 395. The average Bonchev–Trinajstić information content (AvgIpc) is 2.79. The van der Waals surface area contributed by atoms with Crippen molar-refractivity contribution in [2.75, 3.05) is 18.1 Å². The topological polar surface area (TPSA) is 20.3 Å². The molecular formula is C12H16BrNOS2. The minimum absolute atomic E-state index is 0.154. The van der Waals surface area contributed by atoms with Gasteiger partial charge in [0.05, 0.1) is 4.88 Å². The SMILES string of the molecule is CC(CBr)N(C)C(=O)c1cc2c(s1)CCSC2. The third-order valence-corrected chi connectivity index (χ3v) is 6.21. The number of nitrogens with zero attached hydrogens (tertiary/aromatic N) is 1. The van der Waals surface area contributed by atoms with E-state index in [0.717, 1.165) is 22.4 Å². The van der Waals surface area contributed by atoms with Crippen molar-refractivity contribution < 1.29 is 4.79 Å². The highest BCUT2D eigenvalue weighted by atomic mass is 79.9. The standard InChI is InChI=1S/C12H16BrNOS2/c1-8(6-13)14(2)12(15)11-5-9-7-16-4-3-10(9)17-11/h5,8H,3-4,6-7H2,1-2H3. The molecule has 1 aliphatic rings. The van der Waals surface area contributed by atoms with Gasteiger partial charge in [0.2, 0.25) is 0 Å².